The Morgan fingerprint density at radius 1 is 1.18 bits per heavy atom. The highest BCUT2D eigenvalue weighted by atomic mass is 35.5. The number of halogens is 6. The molecule has 17 heteroatoms. The van der Waals surface area contributed by atoms with Gasteiger partial charge in [-0.05, 0) is 38.1 Å². The summed E-state index contributed by atoms with van der Waals surface area (Å²) in [6, 6.07) is 3.22. The van der Waals surface area contributed by atoms with Crippen LogP contribution in [0.15, 0.2) is 42.2 Å². The summed E-state index contributed by atoms with van der Waals surface area (Å²) in [7, 11) is 1.31. The minimum absolute atomic E-state index is 0.00866. The van der Waals surface area contributed by atoms with Crippen molar-refractivity contribution in [3.8, 4) is 16.8 Å². The van der Waals surface area contributed by atoms with Gasteiger partial charge in [-0.25, -0.2) is 23.4 Å². The van der Waals surface area contributed by atoms with Crippen LogP contribution in [0.1, 0.15) is 36.3 Å². The molecule has 0 bridgehead atoms. The highest BCUT2D eigenvalue weighted by Gasteiger charge is 2.51. The normalized spacial score (nSPS) is 23.1. The zero-order chi connectivity index (χ0) is 32.4. The van der Waals surface area contributed by atoms with Gasteiger partial charge >= 0.3 is 6.18 Å². The van der Waals surface area contributed by atoms with Crippen LogP contribution in [-0.2, 0) is 15.7 Å². The van der Waals surface area contributed by atoms with Crippen LogP contribution in [-0.4, -0.2) is 71.3 Å². The van der Waals surface area contributed by atoms with Gasteiger partial charge in [-0.2, -0.15) is 23.4 Å². The fourth-order valence-electron chi connectivity index (χ4n) is 5.58. The van der Waals surface area contributed by atoms with E-state index in [4.69, 9.17) is 21.1 Å². The maximum atomic E-state index is 15.1. The smallest absolute Gasteiger partial charge is 0.391 e. The fraction of sp³-hybridized carbons (Fsp3) is 0.357. The predicted octanol–water partition coefficient (Wildman–Crippen LogP) is 5.44. The van der Waals surface area contributed by atoms with Gasteiger partial charge in [0.25, 0.3) is 0 Å². The largest absolute Gasteiger partial charge is 0.418 e. The Morgan fingerprint density at radius 3 is 2.62 bits per heavy atom. The number of benzene rings is 2. The number of ether oxygens (including phenoxy) is 2. The van der Waals surface area contributed by atoms with Crippen LogP contribution in [0.25, 0.3) is 27.0 Å². The zero-order valence-electron chi connectivity index (χ0n) is 23.6. The molecule has 4 heterocycles. The van der Waals surface area contributed by atoms with Crippen molar-refractivity contribution in [2.75, 3.05) is 7.11 Å². The number of nitrogens with zero attached hydrogens (tertiary/aromatic N) is 6. The molecule has 1 fully saturated rings. The number of rotatable bonds is 6. The Balaban J connectivity index is 1.46. The van der Waals surface area contributed by atoms with Crippen molar-refractivity contribution >= 4 is 33.2 Å². The number of methoxy groups -OCH3 is 1. The molecule has 45 heavy (non-hydrogen) atoms. The standard InChI is InChI=1S/C28H24ClF5N6O4S/c1-11(41)24-25(43-3)22(39-9-13(8-36-39)15-7-18-21(35-10-45-18)20(31)19(15)30)23(42)26(44-24)27-37-12(2)38-40(27)17-6-14(29)4-5-16(17)28(32,33)34/h4-11,22-26,41-42H,1-3H3/t11?,22?,23?,24?,25-,26-/m1/s1. The lowest BCUT2D eigenvalue weighted by molar-refractivity contribution is -0.230. The first-order valence-electron chi connectivity index (χ1n) is 13.4. The average molecular weight is 671 g/mol. The molecule has 10 nitrogen and oxygen atoms in total. The van der Waals surface area contributed by atoms with Gasteiger partial charge < -0.3 is 19.7 Å². The molecule has 0 amide bonds. The molecular weight excluding hydrogens is 647 g/mol. The molecule has 0 aliphatic carbocycles. The first-order chi connectivity index (χ1) is 21.3. The van der Waals surface area contributed by atoms with Crippen LogP contribution in [0, 0.1) is 18.6 Å². The predicted molar refractivity (Wildman–Crippen MR) is 152 cm³/mol. The highest BCUT2D eigenvalue weighted by Crippen LogP contribution is 2.43. The van der Waals surface area contributed by atoms with Gasteiger partial charge in [-0.15, -0.1) is 11.3 Å². The van der Waals surface area contributed by atoms with E-state index in [1.165, 1.54) is 49.6 Å². The Kier molecular flexibility index (Phi) is 8.16. The van der Waals surface area contributed by atoms with E-state index < -0.39 is 65.6 Å². The summed E-state index contributed by atoms with van der Waals surface area (Å²) in [4.78, 5) is 8.15. The molecule has 1 saturated heterocycles. The Labute approximate surface area is 260 Å². The first kappa shape index (κ1) is 31.4. The van der Waals surface area contributed by atoms with Crippen LogP contribution in [0.5, 0.6) is 0 Å². The number of hydrogen-bond acceptors (Lipinski definition) is 9. The monoisotopic (exact) mass is 670 g/mol. The quantitative estimate of drug-likeness (QED) is 0.229. The maximum Gasteiger partial charge on any atom is 0.418 e. The second-order valence-electron chi connectivity index (χ2n) is 10.5. The van der Waals surface area contributed by atoms with Gasteiger partial charge in [0.1, 0.15) is 41.8 Å². The number of aromatic nitrogens is 6. The molecule has 2 aromatic carbocycles. The number of hydrogen-bond donors (Lipinski definition) is 2. The number of aryl methyl sites for hydroxylation is 1. The molecule has 1 aliphatic heterocycles. The lowest BCUT2D eigenvalue weighted by Crippen LogP contribution is -2.56. The SMILES string of the molecule is CO[C@H]1C(C(C)O)O[C@@H](c2nc(C)nn2-c2cc(Cl)ccc2C(F)(F)F)C(O)C1n1cc(-c2cc3scnc3c(F)c2F)cn1. The summed E-state index contributed by atoms with van der Waals surface area (Å²) in [6.45, 7) is 2.86. The van der Waals surface area contributed by atoms with Crippen molar-refractivity contribution in [1.29, 1.82) is 0 Å². The zero-order valence-corrected chi connectivity index (χ0v) is 25.1. The van der Waals surface area contributed by atoms with Crippen molar-refractivity contribution in [1.82, 2.24) is 29.5 Å². The summed E-state index contributed by atoms with van der Waals surface area (Å²) in [5, 5.41) is 30.9. The molecule has 4 unspecified atom stereocenters. The third-order valence-electron chi connectivity index (χ3n) is 7.58. The van der Waals surface area contributed by atoms with Gasteiger partial charge in [0.2, 0.25) is 0 Å². The summed E-state index contributed by atoms with van der Waals surface area (Å²) in [5.41, 5.74) is -0.190. The molecule has 0 saturated carbocycles. The molecule has 2 N–H and O–H groups in total. The Bertz CT molecular complexity index is 1880. The van der Waals surface area contributed by atoms with Crippen molar-refractivity contribution in [3.63, 3.8) is 0 Å². The highest BCUT2D eigenvalue weighted by molar-refractivity contribution is 7.16. The van der Waals surface area contributed by atoms with Crippen LogP contribution < -0.4 is 0 Å². The van der Waals surface area contributed by atoms with Gasteiger partial charge in [0, 0.05) is 29.5 Å². The van der Waals surface area contributed by atoms with Crippen molar-refractivity contribution in [3.05, 3.63) is 76.0 Å². The number of thiazole rings is 1. The van der Waals surface area contributed by atoms with E-state index in [0.29, 0.717) is 4.70 Å². The maximum absolute atomic E-state index is 15.1. The second-order valence-corrected chi connectivity index (χ2v) is 11.8. The third kappa shape index (κ3) is 5.48. The van der Waals surface area contributed by atoms with Crippen LogP contribution >= 0.6 is 22.9 Å². The summed E-state index contributed by atoms with van der Waals surface area (Å²) >= 11 is 7.19. The van der Waals surface area contributed by atoms with E-state index in [2.05, 4.69) is 20.2 Å². The van der Waals surface area contributed by atoms with Gasteiger partial charge in [-0.3, -0.25) is 4.68 Å². The lowest BCUT2D eigenvalue weighted by atomic mass is 9.89. The average Bonchev–Trinajstić information content (AvgIpc) is 3.73. The summed E-state index contributed by atoms with van der Waals surface area (Å²) in [5.74, 6) is -2.42. The molecule has 6 rings (SSSR count). The molecule has 5 aromatic rings. The van der Waals surface area contributed by atoms with Crippen molar-refractivity contribution in [2.45, 2.75) is 56.6 Å². The summed E-state index contributed by atoms with van der Waals surface area (Å²) in [6.07, 6.45) is -8.69. The number of aliphatic hydroxyl groups is 2. The molecule has 0 radical (unpaired) electrons. The molecule has 1 aliphatic rings. The van der Waals surface area contributed by atoms with Gasteiger partial charge in [0.05, 0.1) is 33.8 Å². The topological polar surface area (TPSA) is 120 Å². The lowest BCUT2D eigenvalue weighted by Gasteiger charge is -2.45. The second kappa shape index (κ2) is 11.7. The van der Waals surface area contributed by atoms with E-state index >= 15 is 4.39 Å². The van der Waals surface area contributed by atoms with Crippen molar-refractivity contribution in [2.24, 2.45) is 0 Å². The van der Waals surface area contributed by atoms with Gasteiger partial charge in [-0.1, -0.05) is 11.6 Å². The minimum Gasteiger partial charge on any atom is -0.391 e. The van der Waals surface area contributed by atoms with E-state index in [0.717, 1.165) is 34.2 Å². The number of aliphatic hydroxyl groups excluding tert-OH is 2. The first-order valence-corrected chi connectivity index (χ1v) is 14.7. The number of alkyl halides is 3. The molecular formula is C28H24ClF5N6O4S. The van der Waals surface area contributed by atoms with Gasteiger partial charge in [0.15, 0.2) is 17.5 Å². The van der Waals surface area contributed by atoms with Crippen LogP contribution in [0.4, 0.5) is 22.0 Å². The van der Waals surface area contributed by atoms with E-state index in [1.807, 2.05) is 0 Å². The number of fused-ring (bicyclic) bond motifs is 1. The van der Waals surface area contributed by atoms with E-state index in [9.17, 15) is 27.8 Å². The third-order valence-corrected chi connectivity index (χ3v) is 8.59. The Hall–Kier alpha value is -3.54. The van der Waals surface area contributed by atoms with E-state index in [-0.39, 0.29) is 33.3 Å². The molecule has 6 atom stereocenters. The van der Waals surface area contributed by atoms with E-state index in [1.54, 1.807) is 0 Å². The van der Waals surface area contributed by atoms with Crippen molar-refractivity contribution < 1.29 is 41.6 Å². The summed E-state index contributed by atoms with van der Waals surface area (Å²) < 4.78 is 86.2. The minimum atomic E-state index is -4.79. The molecule has 0 spiro atoms. The molecule has 238 valence electrons. The molecule has 3 aromatic heterocycles. The van der Waals surface area contributed by atoms with Crippen LogP contribution in [0.3, 0.4) is 0 Å². The van der Waals surface area contributed by atoms with Crippen LogP contribution in [0.2, 0.25) is 5.02 Å². The Morgan fingerprint density at radius 2 is 1.93 bits per heavy atom. The fourth-order valence-corrected chi connectivity index (χ4v) is 6.46.